The summed E-state index contributed by atoms with van der Waals surface area (Å²) in [5, 5.41) is 13.6. The first kappa shape index (κ1) is 21.9. The Balaban J connectivity index is 1.48. The van der Waals surface area contributed by atoms with E-state index >= 15 is 0 Å². The highest BCUT2D eigenvalue weighted by atomic mass is 35.5. The monoisotopic (exact) mass is 458 g/mol. The van der Waals surface area contributed by atoms with Gasteiger partial charge in [0.15, 0.2) is 6.10 Å². The van der Waals surface area contributed by atoms with Crippen molar-refractivity contribution in [2.45, 2.75) is 25.4 Å². The van der Waals surface area contributed by atoms with E-state index in [9.17, 15) is 19.7 Å². The molecule has 0 radical (unpaired) electrons. The molecule has 9 nitrogen and oxygen atoms in total. The standard InChI is InChI=1S/C22H23ClN4O5/c23-16-12-15(27(30)31)8-9-17(16)24-21(28)14-26-13-20(22(29)25-10-4-1-5-11-25)32-19-7-3-2-6-18(19)26/h2-3,6-9,12,20H,1,4-5,10-11,13-14H2,(H,24,28)/t20-/m1/s1. The maximum absolute atomic E-state index is 13.0. The maximum Gasteiger partial charge on any atom is 0.271 e. The first-order chi connectivity index (χ1) is 15.4. The number of nitro groups is 1. The average Bonchev–Trinajstić information content (AvgIpc) is 2.80. The van der Waals surface area contributed by atoms with Gasteiger partial charge in [-0.15, -0.1) is 0 Å². The van der Waals surface area contributed by atoms with E-state index in [4.69, 9.17) is 16.3 Å². The minimum Gasteiger partial charge on any atom is -0.477 e. The second-order valence-corrected chi connectivity index (χ2v) is 8.22. The smallest absolute Gasteiger partial charge is 0.271 e. The van der Waals surface area contributed by atoms with Gasteiger partial charge in [-0.25, -0.2) is 0 Å². The molecule has 2 heterocycles. The van der Waals surface area contributed by atoms with E-state index in [-0.39, 0.29) is 41.3 Å². The Hall–Kier alpha value is -3.33. The molecule has 0 aromatic heterocycles. The second-order valence-electron chi connectivity index (χ2n) is 7.81. The van der Waals surface area contributed by atoms with E-state index in [1.165, 1.54) is 18.2 Å². The van der Waals surface area contributed by atoms with Crippen LogP contribution >= 0.6 is 11.6 Å². The van der Waals surface area contributed by atoms with Gasteiger partial charge in [-0.05, 0) is 37.5 Å². The van der Waals surface area contributed by atoms with Crippen LogP contribution in [-0.4, -0.2) is 53.9 Å². The van der Waals surface area contributed by atoms with Crippen molar-refractivity contribution in [3.63, 3.8) is 0 Å². The number of rotatable bonds is 5. The van der Waals surface area contributed by atoms with Gasteiger partial charge in [0.25, 0.3) is 11.6 Å². The van der Waals surface area contributed by atoms with Crippen LogP contribution in [-0.2, 0) is 9.59 Å². The molecule has 0 bridgehead atoms. The lowest BCUT2D eigenvalue weighted by Gasteiger charge is -2.38. The highest BCUT2D eigenvalue weighted by molar-refractivity contribution is 6.34. The van der Waals surface area contributed by atoms with E-state index in [1.54, 1.807) is 11.0 Å². The van der Waals surface area contributed by atoms with Crippen molar-refractivity contribution < 1.29 is 19.2 Å². The van der Waals surface area contributed by atoms with E-state index in [2.05, 4.69) is 5.32 Å². The molecule has 2 aliphatic heterocycles. The molecule has 1 fully saturated rings. The van der Waals surface area contributed by atoms with E-state index in [0.29, 0.717) is 5.75 Å². The molecule has 2 amide bonds. The summed E-state index contributed by atoms with van der Waals surface area (Å²) in [6.07, 6.45) is 2.39. The molecule has 1 atom stereocenters. The number of ether oxygens (including phenoxy) is 1. The van der Waals surface area contributed by atoms with Crippen molar-refractivity contribution in [3.8, 4) is 5.75 Å². The van der Waals surface area contributed by atoms with Gasteiger partial charge in [0, 0.05) is 25.2 Å². The van der Waals surface area contributed by atoms with Crippen molar-refractivity contribution in [1.29, 1.82) is 0 Å². The zero-order valence-corrected chi connectivity index (χ0v) is 18.1. The Labute approximate surface area is 190 Å². The lowest BCUT2D eigenvalue weighted by molar-refractivity contribution is -0.384. The molecule has 0 unspecified atom stereocenters. The van der Waals surface area contributed by atoms with Crippen molar-refractivity contribution in [3.05, 3.63) is 57.6 Å². The molecule has 0 saturated carbocycles. The summed E-state index contributed by atoms with van der Waals surface area (Å²) in [6.45, 7) is 1.66. The van der Waals surface area contributed by atoms with Crippen molar-refractivity contribution in [2.75, 3.05) is 36.4 Å². The fourth-order valence-corrected chi connectivity index (χ4v) is 4.21. The number of non-ortho nitro benzene ring substituents is 1. The number of para-hydroxylation sites is 2. The predicted molar refractivity (Wildman–Crippen MR) is 120 cm³/mol. The minimum absolute atomic E-state index is 0.0303. The van der Waals surface area contributed by atoms with E-state index in [0.717, 1.165) is 38.0 Å². The average molecular weight is 459 g/mol. The van der Waals surface area contributed by atoms with Crippen molar-refractivity contribution in [2.24, 2.45) is 0 Å². The topological polar surface area (TPSA) is 105 Å². The zero-order chi connectivity index (χ0) is 22.7. The van der Waals surface area contributed by atoms with Gasteiger partial charge in [-0.1, -0.05) is 23.7 Å². The Kier molecular flexibility index (Phi) is 6.45. The summed E-state index contributed by atoms with van der Waals surface area (Å²) in [7, 11) is 0. The molecule has 2 aromatic rings. The number of piperidine rings is 1. The number of carbonyl (C=O) groups is 2. The molecule has 32 heavy (non-hydrogen) atoms. The van der Waals surface area contributed by atoms with Gasteiger partial charge >= 0.3 is 0 Å². The lowest BCUT2D eigenvalue weighted by Crippen LogP contribution is -2.52. The third kappa shape index (κ3) is 4.77. The second kappa shape index (κ2) is 9.44. The number of nitrogens with one attached hydrogen (secondary N) is 1. The van der Waals surface area contributed by atoms with Gasteiger partial charge in [0.1, 0.15) is 5.75 Å². The SMILES string of the molecule is O=C(CN1C[C@H](C(=O)N2CCCCC2)Oc2ccccc21)Nc1ccc([N+](=O)[O-])cc1Cl. The molecule has 0 aliphatic carbocycles. The van der Waals surface area contributed by atoms with Crippen LogP contribution in [0.2, 0.25) is 5.02 Å². The fourth-order valence-electron chi connectivity index (χ4n) is 3.99. The summed E-state index contributed by atoms with van der Waals surface area (Å²) < 4.78 is 5.98. The number of nitro benzene ring substituents is 1. The molecule has 1 saturated heterocycles. The third-order valence-corrected chi connectivity index (χ3v) is 5.89. The first-order valence-corrected chi connectivity index (χ1v) is 10.8. The van der Waals surface area contributed by atoms with Crippen LogP contribution in [0.15, 0.2) is 42.5 Å². The number of halogens is 1. The summed E-state index contributed by atoms with van der Waals surface area (Å²) in [5.74, 6) is 0.125. The molecule has 2 aliphatic rings. The molecule has 168 valence electrons. The van der Waals surface area contributed by atoms with Gasteiger partial charge in [0.05, 0.1) is 34.4 Å². The Morgan fingerprint density at radius 3 is 2.62 bits per heavy atom. The Morgan fingerprint density at radius 1 is 1.16 bits per heavy atom. The summed E-state index contributed by atoms with van der Waals surface area (Å²) in [5.41, 5.74) is 0.846. The third-order valence-electron chi connectivity index (χ3n) is 5.58. The number of hydrogen-bond donors (Lipinski definition) is 1. The van der Waals surface area contributed by atoms with Crippen LogP contribution < -0.4 is 15.0 Å². The highest BCUT2D eigenvalue weighted by Gasteiger charge is 2.34. The Bertz CT molecular complexity index is 1040. The largest absolute Gasteiger partial charge is 0.477 e. The maximum atomic E-state index is 13.0. The van der Waals surface area contributed by atoms with E-state index < -0.39 is 11.0 Å². The number of likely N-dealkylation sites (tertiary alicyclic amines) is 1. The number of benzene rings is 2. The van der Waals surface area contributed by atoms with E-state index in [1.807, 2.05) is 23.1 Å². The summed E-state index contributed by atoms with van der Waals surface area (Å²) in [4.78, 5) is 39.7. The molecule has 1 N–H and O–H groups in total. The first-order valence-electron chi connectivity index (χ1n) is 10.5. The summed E-state index contributed by atoms with van der Waals surface area (Å²) in [6, 6.07) is 11.1. The molecular formula is C22H23ClN4O5. The van der Waals surface area contributed by atoms with Crippen LogP contribution in [0.5, 0.6) is 5.75 Å². The van der Waals surface area contributed by atoms with Crippen LogP contribution in [0, 0.1) is 10.1 Å². The van der Waals surface area contributed by atoms with Gasteiger partial charge in [-0.3, -0.25) is 19.7 Å². The number of fused-ring (bicyclic) bond motifs is 1. The highest BCUT2D eigenvalue weighted by Crippen LogP contribution is 2.34. The van der Waals surface area contributed by atoms with Crippen molar-refractivity contribution >= 4 is 40.5 Å². The van der Waals surface area contributed by atoms with Crippen LogP contribution in [0.4, 0.5) is 17.1 Å². The van der Waals surface area contributed by atoms with Crippen LogP contribution in [0.25, 0.3) is 0 Å². The number of amides is 2. The number of hydrogen-bond acceptors (Lipinski definition) is 6. The van der Waals surface area contributed by atoms with Crippen LogP contribution in [0.3, 0.4) is 0 Å². The van der Waals surface area contributed by atoms with Gasteiger partial charge < -0.3 is 19.9 Å². The predicted octanol–water partition coefficient (Wildman–Crippen LogP) is 3.47. The number of carbonyl (C=O) groups excluding carboxylic acids is 2. The minimum atomic E-state index is -0.696. The molecule has 10 heteroatoms. The Morgan fingerprint density at radius 2 is 1.91 bits per heavy atom. The molecule has 2 aromatic carbocycles. The van der Waals surface area contributed by atoms with Crippen molar-refractivity contribution in [1.82, 2.24) is 4.90 Å². The number of anilines is 2. The molecule has 0 spiro atoms. The van der Waals surface area contributed by atoms with Crippen LogP contribution in [0.1, 0.15) is 19.3 Å². The summed E-state index contributed by atoms with van der Waals surface area (Å²) >= 11 is 6.09. The van der Waals surface area contributed by atoms with Gasteiger partial charge in [0.2, 0.25) is 5.91 Å². The molecular weight excluding hydrogens is 436 g/mol. The van der Waals surface area contributed by atoms with Gasteiger partial charge in [-0.2, -0.15) is 0 Å². The fraction of sp³-hybridized carbons (Fsp3) is 0.364. The number of nitrogens with zero attached hydrogens (tertiary/aromatic N) is 3. The zero-order valence-electron chi connectivity index (χ0n) is 17.3. The molecule has 4 rings (SSSR count). The quantitative estimate of drug-likeness (QED) is 0.543. The lowest BCUT2D eigenvalue weighted by atomic mass is 10.1. The normalized spacial score (nSPS) is 17.8.